The third-order valence-corrected chi connectivity index (χ3v) is 5.02. The summed E-state index contributed by atoms with van der Waals surface area (Å²) in [4.78, 5) is 25.2. The summed E-state index contributed by atoms with van der Waals surface area (Å²) in [7, 11) is 0. The molecule has 0 bridgehead atoms. The van der Waals surface area contributed by atoms with Crippen molar-refractivity contribution in [3.05, 3.63) is 88.9 Å². The molecule has 0 atom stereocenters. The fourth-order valence-corrected chi connectivity index (χ4v) is 3.63. The zero-order valence-corrected chi connectivity index (χ0v) is 16.5. The van der Waals surface area contributed by atoms with Crippen molar-refractivity contribution in [2.75, 3.05) is 11.9 Å². The number of benzene rings is 4. The van der Waals surface area contributed by atoms with Gasteiger partial charge in [-0.15, -0.1) is 0 Å². The van der Waals surface area contributed by atoms with E-state index in [0.29, 0.717) is 16.3 Å². The first-order valence-corrected chi connectivity index (χ1v) is 9.54. The molecule has 4 rings (SSSR count). The van der Waals surface area contributed by atoms with E-state index in [-0.39, 0.29) is 0 Å². The molecular weight excluding hydrogens is 386 g/mol. The minimum Gasteiger partial charge on any atom is -0.452 e. The molecular formula is C24H18ClNO3. The summed E-state index contributed by atoms with van der Waals surface area (Å²) >= 11 is 6.14. The van der Waals surface area contributed by atoms with Crippen LogP contribution in [-0.4, -0.2) is 18.5 Å². The Morgan fingerprint density at radius 3 is 2.14 bits per heavy atom. The third-order valence-electron chi connectivity index (χ3n) is 4.71. The number of carbonyl (C=O) groups excluding carboxylic acids is 2. The Morgan fingerprint density at radius 2 is 1.52 bits per heavy atom. The topological polar surface area (TPSA) is 55.4 Å². The van der Waals surface area contributed by atoms with Gasteiger partial charge in [0.05, 0.1) is 16.3 Å². The second-order valence-electron chi connectivity index (χ2n) is 6.80. The monoisotopic (exact) mass is 403 g/mol. The van der Waals surface area contributed by atoms with Crippen LogP contribution in [0.15, 0.2) is 72.8 Å². The largest absolute Gasteiger partial charge is 0.452 e. The maximum atomic E-state index is 12.9. The van der Waals surface area contributed by atoms with Crippen molar-refractivity contribution in [1.82, 2.24) is 0 Å². The number of hydrogen-bond acceptors (Lipinski definition) is 3. The van der Waals surface area contributed by atoms with Crippen LogP contribution in [0.1, 0.15) is 15.9 Å². The number of carbonyl (C=O) groups is 2. The molecule has 0 aliphatic carbocycles. The smallest absolute Gasteiger partial charge is 0.339 e. The van der Waals surface area contributed by atoms with Crippen LogP contribution in [0.4, 0.5) is 5.69 Å². The van der Waals surface area contributed by atoms with Crippen LogP contribution in [0.5, 0.6) is 0 Å². The van der Waals surface area contributed by atoms with Crippen LogP contribution >= 0.6 is 11.6 Å². The van der Waals surface area contributed by atoms with E-state index >= 15 is 0 Å². The number of halogens is 1. The molecule has 0 radical (unpaired) electrons. The molecule has 0 heterocycles. The van der Waals surface area contributed by atoms with Gasteiger partial charge in [-0.25, -0.2) is 4.79 Å². The van der Waals surface area contributed by atoms with Crippen molar-refractivity contribution in [3.8, 4) is 0 Å². The summed E-state index contributed by atoms with van der Waals surface area (Å²) in [6, 6.07) is 22.6. The molecule has 0 aliphatic heterocycles. The van der Waals surface area contributed by atoms with E-state index < -0.39 is 18.5 Å². The van der Waals surface area contributed by atoms with Crippen molar-refractivity contribution in [2.45, 2.75) is 6.92 Å². The van der Waals surface area contributed by atoms with Gasteiger partial charge in [0.1, 0.15) is 0 Å². The summed E-state index contributed by atoms with van der Waals surface area (Å²) < 4.78 is 5.35. The molecule has 4 aromatic carbocycles. The van der Waals surface area contributed by atoms with Gasteiger partial charge in [-0.05, 0) is 52.2 Å². The number of amides is 1. The van der Waals surface area contributed by atoms with E-state index in [1.54, 1.807) is 12.1 Å². The second kappa shape index (κ2) is 7.94. The molecule has 29 heavy (non-hydrogen) atoms. The van der Waals surface area contributed by atoms with Crippen molar-refractivity contribution < 1.29 is 14.3 Å². The van der Waals surface area contributed by atoms with Crippen LogP contribution in [0.2, 0.25) is 5.02 Å². The standard InChI is InChI=1S/C24H18ClNO3/c1-15-10-11-21(20(25)12-15)26-22(27)14-29-24(28)23-18-8-4-2-6-16(18)13-17-7-3-5-9-19(17)23/h2-13H,14H2,1H3,(H,26,27). The summed E-state index contributed by atoms with van der Waals surface area (Å²) in [5.74, 6) is -0.989. The van der Waals surface area contributed by atoms with Crippen LogP contribution in [0.25, 0.3) is 21.5 Å². The Kier molecular flexibility index (Phi) is 5.19. The third kappa shape index (κ3) is 3.93. The van der Waals surface area contributed by atoms with Gasteiger partial charge in [0, 0.05) is 0 Å². The molecule has 0 unspecified atom stereocenters. The predicted octanol–water partition coefficient (Wildman–Crippen LogP) is 5.75. The molecule has 4 aromatic rings. The fraction of sp³-hybridized carbons (Fsp3) is 0.0833. The fourth-order valence-electron chi connectivity index (χ4n) is 3.34. The van der Waals surface area contributed by atoms with E-state index in [9.17, 15) is 9.59 Å². The lowest BCUT2D eigenvalue weighted by atomic mass is 9.97. The van der Waals surface area contributed by atoms with Crippen LogP contribution in [0, 0.1) is 6.92 Å². The molecule has 0 saturated heterocycles. The zero-order valence-electron chi connectivity index (χ0n) is 15.7. The Morgan fingerprint density at radius 1 is 0.897 bits per heavy atom. The molecule has 0 saturated carbocycles. The van der Waals surface area contributed by atoms with Crippen molar-refractivity contribution in [2.24, 2.45) is 0 Å². The average molecular weight is 404 g/mol. The number of esters is 1. The number of hydrogen-bond donors (Lipinski definition) is 1. The van der Waals surface area contributed by atoms with Gasteiger partial charge in [-0.1, -0.05) is 66.2 Å². The molecule has 0 fully saturated rings. The Bertz CT molecular complexity index is 1200. The van der Waals surface area contributed by atoms with Gasteiger partial charge in [0.2, 0.25) is 0 Å². The highest BCUT2D eigenvalue weighted by Crippen LogP contribution is 2.29. The minimum atomic E-state index is -0.539. The van der Waals surface area contributed by atoms with Gasteiger partial charge in [0.25, 0.3) is 5.91 Å². The SMILES string of the molecule is Cc1ccc(NC(=O)COC(=O)c2c3ccccc3cc3ccccc23)c(Cl)c1. The highest BCUT2D eigenvalue weighted by atomic mass is 35.5. The lowest BCUT2D eigenvalue weighted by Gasteiger charge is -2.12. The van der Waals surface area contributed by atoms with Crippen LogP contribution in [0.3, 0.4) is 0 Å². The first-order valence-electron chi connectivity index (χ1n) is 9.16. The highest BCUT2D eigenvalue weighted by Gasteiger charge is 2.17. The van der Waals surface area contributed by atoms with E-state index in [0.717, 1.165) is 27.1 Å². The Hall–Kier alpha value is -3.37. The maximum absolute atomic E-state index is 12.9. The lowest BCUT2D eigenvalue weighted by molar-refractivity contribution is -0.119. The molecule has 0 spiro atoms. The van der Waals surface area contributed by atoms with Crippen LogP contribution in [-0.2, 0) is 9.53 Å². The molecule has 0 aromatic heterocycles. The number of ether oxygens (including phenoxy) is 1. The van der Waals surface area contributed by atoms with E-state index in [1.807, 2.05) is 67.6 Å². The second-order valence-corrected chi connectivity index (χ2v) is 7.21. The Labute approximate surface area is 173 Å². The van der Waals surface area contributed by atoms with Crippen molar-refractivity contribution in [3.63, 3.8) is 0 Å². The van der Waals surface area contributed by atoms with Gasteiger partial charge in [-0.3, -0.25) is 4.79 Å². The van der Waals surface area contributed by atoms with E-state index in [2.05, 4.69) is 5.32 Å². The lowest BCUT2D eigenvalue weighted by Crippen LogP contribution is -2.21. The quantitative estimate of drug-likeness (QED) is 0.348. The first-order chi connectivity index (χ1) is 14.0. The number of rotatable bonds is 4. The van der Waals surface area contributed by atoms with Crippen molar-refractivity contribution in [1.29, 1.82) is 0 Å². The van der Waals surface area contributed by atoms with Gasteiger partial charge >= 0.3 is 5.97 Å². The van der Waals surface area contributed by atoms with Gasteiger partial charge in [-0.2, -0.15) is 0 Å². The molecule has 1 N–H and O–H groups in total. The molecule has 1 amide bonds. The summed E-state index contributed by atoms with van der Waals surface area (Å²) in [5.41, 5.74) is 1.93. The molecule has 144 valence electrons. The average Bonchev–Trinajstić information content (AvgIpc) is 2.72. The highest BCUT2D eigenvalue weighted by molar-refractivity contribution is 6.33. The predicted molar refractivity (Wildman–Crippen MR) is 117 cm³/mol. The maximum Gasteiger partial charge on any atom is 0.339 e. The summed E-state index contributed by atoms with van der Waals surface area (Å²) in [6.07, 6.45) is 0. The summed E-state index contributed by atoms with van der Waals surface area (Å²) in [5, 5.41) is 6.56. The van der Waals surface area contributed by atoms with Gasteiger partial charge in [0.15, 0.2) is 6.61 Å². The first kappa shape index (κ1) is 19.0. The van der Waals surface area contributed by atoms with E-state index in [4.69, 9.17) is 16.3 Å². The summed E-state index contributed by atoms with van der Waals surface area (Å²) in [6.45, 7) is 1.51. The van der Waals surface area contributed by atoms with Gasteiger partial charge < -0.3 is 10.1 Å². The molecule has 4 nitrogen and oxygen atoms in total. The Balaban J connectivity index is 1.58. The number of fused-ring (bicyclic) bond motifs is 2. The normalized spacial score (nSPS) is 10.8. The number of aryl methyl sites for hydroxylation is 1. The number of anilines is 1. The minimum absolute atomic E-state index is 0.402. The molecule has 5 heteroatoms. The van der Waals surface area contributed by atoms with Crippen LogP contribution < -0.4 is 5.32 Å². The molecule has 0 aliphatic rings. The van der Waals surface area contributed by atoms with E-state index in [1.165, 1.54) is 0 Å². The van der Waals surface area contributed by atoms with Crippen molar-refractivity contribution >= 4 is 50.7 Å². The zero-order chi connectivity index (χ0) is 20.4. The number of nitrogens with one attached hydrogen (secondary N) is 1.